The van der Waals surface area contributed by atoms with Crippen LogP contribution in [0.2, 0.25) is 0 Å². The summed E-state index contributed by atoms with van der Waals surface area (Å²) in [4.78, 5) is 2.38. The lowest BCUT2D eigenvalue weighted by Crippen LogP contribution is -2.36. The van der Waals surface area contributed by atoms with Crippen molar-refractivity contribution in [2.24, 2.45) is 5.92 Å². The zero-order chi connectivity index (χ0) is 13.0. The van der Waals surface area contributed by atoms with Gasteiger partial charge in [0.2, 0.25) is 0 Å². The van der Waals surface area contributed by atoms with Gasteiger partial charge in [0.15, 0.2) is 0 Å². The van der Waals surface area contributed by atoms with E-state index in [4.69, 9.17) is 4.74 Å². The van der Waals surface area contributed by atoms with Crippen LogP contribution in [0, 0.1) is 11.7 Å². The molecule has 1 aliphatic heterocycles. The molecule has 1 saturated heterocycles. The average molecular weight is 316 g/mol. The first-order chi connectivity index (χ1) is 8.67. The molecule has 1 aliphatic rings. The second-order valence-corrected chi connectivity index (χ2v) is 5.89. The van der Waals surface area contributed by atoms with E-state index in [-0.39, 0.29) is 5.82 Å². The van der Waals surface area contributed by atoms with Gasteiger partial charge in [-0.05, 0) is 49.1 Å². The second kappa shape index (κ2) is 6.64. The predicted octanol–water partition coefficient (Wildman–Crippen LogP) is 3.45. The number of benzene rings is 1. The van der Waals surface area contributed by atoms with Crippen molar-refractivity contribution in [1.29, 1.82) is 0 Å². The van der Waals surface area contributed by atoms with E-state index in [2.05, 4.69) is 20.8 Å². The normalized spacial score (nSPS) is 21.2. The first-order valence-electron chi connectivity index (χ1n) is 6.33. The Bertz CT molecular complexity index is 377. The van der Waals surface area contributed by atoms with E-state index in [1.807, 2.05) is 6.07 Å². The number of piperidine rings is 1. The SMILES string of the molecule is COCC1CCCN(Cc2cc(F)cc(Br)c2)C1. The van der Waals surface area contributed by atoms with Crippen molar-refractivity contribution in [3.05, 3.63) is 34.1 Å². The van der Waals surface area contributed by atoms with Crippen molar-refractivity contribution in [2.75, 3.05) is 26.8 Å². The highest BCUT2D eigenvalue weighted by atomic mass is 79.9. The van der Waals surface area contributed by atoms with Gasteiger partial charge in [0.05, 0.1) is 6.61 Å². The zero-order valence-corrected chi connectivity index (χ0v) is 12.2. The van der Waals surface area contributed by atoms with Crippen LogP contribution in [0.1, 0.15) is 18.4 Å². The Morgan fingerprint density at radius 2 is 2.28 bits per heavy atom. The van der Waals surface area contributed by atoms with Crippen LogP contribution in [0.15, 0.2) is 22.7 Å². The van der Waals surface area contributed by atoms with Gasteiger partial charge >= 0.3 is 0 Å². The molecule has 0 radical (unpaired) electrons. The number of hydrogen-bond acceptors (Lipinski definition) is 2. The van der Waals surface area contributed by atoms with Crippen molar-refractivity contribution in [3.63, 3.8) is 0 Å². The molecular formula is C14H19BrFNO. The monoisotopic (exact) mass is 315 g/mol. The van der Waals surface area contributed by atoms with Crippen molar-refractivity contribution < 1.29 is 9.13 Å². The zero-order valence-electron chi connectivity index (χ0n) is 10.7. The highest BCUT2D eigenvalue weighted by molar-refractivity contribution is 9.10. The first-order valence-corrected chi connectivity index (χ1v) is 7.13. The summed E-state index contributed by atoms with van der Waals surface area (Å²) in [5.74, 6) is 0.436. The van der Waals surface area contributed by atoms with E-state index < -0.39 is 0 Å². The highest BCUT2D eigenvalue weighted by Crippen LogP contribution is 2.21. The molecule has 0 bridgehead atoms. The number of methoxy groups -OCH3 is 1. The Hall–Kier alpha value is -0.450. The molecule has 0 aromatic heterocycles. The maximum atomic E-state index is 13.3. The molecule has 2 nitrogen and oxygen atoms in total. The molecule has 2 rings (SSSR count). The predicted molar refractivity (Wildman–Crippen MR) is 74.0 cm³/mol. The average Bonchev–Trinajstić information content (AvgIpc) is 2.28. The Balaban J connectivity index is 1.95. The van der Waals surface area contributed by atoms with Crippen LogP contribution in [0.25, 0.3) is 0 Å². The van der Waals surface area contributed by atoms with E-state index in [1.54, 1.807) is 13.2 Å². The summed E-state index contributed by atoms with van der Waals surface area (Å²) < 4.78 is 19.3. The Morgan fingerprint density at radius 3 is 3.00 bits per heavy atom. The van der Waals surface area contributed by atoms with Crippen LogP contribution in [0.3, 0.4) is 0 Å². The third-order valence-corrected chi connectivity index (χ3v) is 3.79. The molecule has 0 spiro atoms. The molecule has 0 saturated carbocycles. The van der Waals surface area contributed by atoms with Crippen LogP contribution < -0.4 is 0 Å². The maximum Gasteiger partial charge on any atom is 0.124 e. The minimum absolute atomic E-state index is 0.176. The standard InChI is InChI=1S/C14H19BrFNO/c1-18-10-11-3-2-4-17(8-11)9-12-5-13(15)7-14(16)6-12/h5-7,11H,2-4,8-10H2,1H3. The smallest absolute Gasteiger partial charge is 0.124 e. The van der Waals surface area contributed by atoms with Gasteiger partial charge in [-0.2, -0.15) is 0 Å². The van der Waals surface area contributed by atoms with Gasteiger partial charge in [-0.15, -0.1) is 0 Å². The van der Waals surface area contributed by atoms with Gasteiger partial charge in [-0.1, -0.05) is 15.9 Å². The first kappa shape index (κ1) is 14.0. The molecule has 1 heterocycles. The number of ether oxygens (including phenoxy) is 1. The minimum Gasteiger partial charge on any atom is -0.384 e. The van der Waals surface area contributed by atoms with Crippen molar-refractivity contribution in [3.8, 4) is 0 Å². The lowest BCUT2D eigenvalue weighted by molar-refractivity contribution is 0.0873. The van der Waals surface area contributed by atoms with Gasteiger partial charge in [0.25, 0.3) is 0 Å². The fraction of sp³-hybridized carbons (Fsp3) is 0.571. The van der Waals surface area contributed by atoms with E-state index >= 15 is 0 Å². The molecule has 0 N–H and O–H groups in total. The fourth-order valence-electron chi connectivity index (χ4n) is 2.63. The molecule has 18 heavy (non-hydrogen) atoms. The quantitative estimate of drug-likeness (QED) is 0.844. The van der Waals surface area contributed by atoms with E-state index in [0.29, 0.717) is 5.92 Å². The van der Waals surface area contributed by atoms with Crippen molar-refractivity contribution in [1.82, 2.24) is 4.90 Å². The molecule has 1 fully saturated rings. The molecule has 1 unspecified atom stereocenters. The van der Waals surface area contributed by atoms with Crippen LogP contribution in [-0.4, -0.2) is 31.7 Å². The van der Waals surface area contributed by atoms with Crippen LogP contribution >= 0.6 is 15.9 Å². The van der Waals surface area contributed by atoms with Crippen molar-refractivity contribution in [2.45, 2.75) is 19.4 Å². The summed E-state index contributed by atoms with van der Waals surface area (Å²) in [5.41, 5.74) is 1.03. The summed E-state index contributed by atoms with van der Waals surface area (Å²) in [5, 5.41) is 0. The van der Waals surface area contributed by atoms with E-state index in [9.17, 15) is 4.39 Å². The molecule has 4 heteroatoms. The number of nitrogens with zero attached hydrogens (tertiary/aromatic N) is 1. The Kier molecular flexibility index (Phi) is 5.15. The van der Waals surface area contributed by atoms with E-state index in [0.717, 1.165) is 36.3 Å². The topological polar surface area (TPSA) is 12.5 Å². The minimum atomic E-state index is -0.176. The highest BCUT2D eigenvalue weighted by Gasteiger charge is 2.19. The van der Waals surface area contributed by atoms with Crippen LogP contribution in [0.4, 0.5) is 4.39 Å². The molecular weight excluding hydrogens is 297 g/mol. The lowest BCUT2D eigenvalue weighted by Gasteiger charge is -2.32. The Labute approximate surface area is 116 Å². The van der Waals surface area contributed by atoms with Gasteiger partial charge in [0.1, 0.15) is 5.82 Å². The maximum absolute atomic E-state index is 13.3. The molecule has 0 amide bonds. The van der Waals surface area contributed by atoms with Crippen LogP contribution in [0.5, 0.6) is 0 Å². The van der Waals surface area contributed by atoms with E-state index in [1.165, 1.54) is 18.9 Å². The molecule has 1 atom stereocenters. The third-order valence-electron chi connectivity index (χ3n) is 3.33. The fourth-order valence-corrected chi connectivity index (χ4v) is 3.14. The second-order valence-electron chi connectivity index (χ2n) is 4.98. The molecule has 100 valence electrons. The van der Waals surface area contributed by atoms with Gasteiger partial charge in [-0.3, -0.25) is 4.90 Å². The summed E-state index contributed by atoms with van der Waals surface area (Å²) in [6, 6.07) is 5.10. The van der Waals surface area contributed by atoms with Gasteiger partial charge in [-0.25, -0.2) is 4.39 Å². The summed E-state index contributed by atoms with van der Waals surface area (Å²) in [6.45, 7) is 3.77. The number of halogens is 2. The lowest BCUT2D eigenvalue weighted by atomic mass is 9.98. The van der Waals surface area contributed by atoms with Gasteiger partial charge in [0, 0.05) is 24.7 Å². The van der Waals surface area contributed by atoms with Crippen molar-refractivity contribution >= 4 is 15.9 Å². The number of likely N-dealkylation sites (tertiary alicyclic amines) is 1. The van der Waals surface area contributed by atoms with Crippen LogP contribution in [-0.2, 0) is 11.3 Å². The molecule has 0 aliphatic carbocycles. The molecule has 1 aromatic rings. The third kappa shape index (κ3) is 4.04. The number of hydrogen-bond donors (Lipinski definition) is 0. The van der Waals surface area contributed by atoms with Gasteiger partial charge < -0.3 is 4.74 Å². The largest absolute Gasteiger partial charge is 0.384 e. The Morgan fingerprint density at radius 1 is 1.44 bits per heavy atom. The summed E-state index contributed by atoms with van der Waals surface area (Å²) >= 11 is 3.34. The molecule has 1 aromatic carbocycles. The summed E-state index contributed by atoms with van der Waals surface area (Å²) in [6.07, 6.45) is 2.43. The number of rotatable bonds is 4. The summed E-state index contributed by atoms with van der Waals surface area (Å²) in [7, 11) is 1.75.